The van der Waals surface area contributed by atoms with Crippen LogP contribution in [0.4, 0.5) is 0 Å². The summed E-state index contributed by atoms with van der Waals surface area (Å²) in [5.74, 6) is 0.744. The molecule has 1 saturated heterocycles. The molecule has 0 aromatic carbocycles. The first-order chi connectivity index (χ1) is 8.49. The van der Waals surface area contributed by atoms with Crippen molar-refractivity contribution in [3.05, 3.63) is 0 Å². The smallest absolute Gasteiger partial charge is 0.240 e. The largest absolute Gasteiger partial charge is 0.323 e. The monoisotopic (exact) mass is 254 g/mol. The molecule has 3 atom stereocenters. The molecule has 0 saturated carbocycles. The van der Waals surface area contributed by atoms with E-state index in [1.807, 2.05) is 6.92 Å². The Labute approximate surface area is 112 Å². The van der Waals surface area contributed by atoms with Crippen molar-refractivity contribution in [1.82, 2.24) is 10.2 Å². The van der Waals surface area contributed by atoms with Gasteiger partial charge in [-0.2, -0.15) is 0 Å². The summed E-state index contributed by atoms with van der Waals surface area (Å²) in [6, 6.07) is 0.342. The Morgan fingerprint density at radius 2 is 1.89 bits per heavy atom. The highest BCUT2D eigenvalue weighted by Gasteiger charge is 2.39. The Bertz CT molecular complexity index is 265. The van der Waals surface area contributed by atoms with Gasteiger partial charge in [-0.25, -0.2) is 0 Å². The molecule has 1 aliphatic heterocycles. The molecule has 0 aliphatic carbocycles. The van der Waals surface area contributed by atoms with Crippen molar-refractivity contribution >= 4 is 5.91 Å². The van der Waals surface area contributed by atoms with E-state index in [2.05, 4.69) is 37.9 Å². The first-order valence-corrected chi connectivity index (χ1v) is 7.57. The van der Waals surface area contributed by atoms with Crippen LogP contribution in [0.15, 0.2) is 0 Å². The molecule has 3 unspecified atom stereocenters. The fraction of sp³-hybridized carbons (Fsp3) is 0.933. The highest BCUT2D eigenvalue weighted by atomic mass is 16.2. The Morgan fingerprint density at radius 1 is 1.22 bits per heavy atom. The number of nitrogens with one attached hydrogen (secondary N) is 1. The molecule has 1 heterocycles. The highest BCUT2D eigenvalue weighted by Crippen LogP contribution is 2.23. The maximum Gasteiger partial charge on any atom is 0.240 e. The molecule has 1 rings (SSSR count). The average molecular weight is 254 g/mol. The summed E-state index contributed by atoms with van der Waals surface area (Å²) in [7, 11) is 0. The summed E-state index contributed by atoms with van der Waals surface area (Å²) in [6.07, 6.45) is 6.45. The van der Waals surface area contributed by atoms with Crippen LogP contribution in [0.5, 0.6) is 0 Å². The van der Waals surface area contributed by atoms with Gasteiger partial charge in [0, 0.05) is 6.04 Å². The van der Waals surface area contributed by atoms with Gasteiger partial charge in [-0.1, -0.05) is 46.5 Å². The summed E-state index contributed by atoms with van der Waals surface area (Å²) in [5.41, 5.74) is 0. The standard InChI is InChI=1S/C15H30N2O/c1-6-7-8-9-10-12(4)17-14(11(2)3)16-13(5)15(17)18/h11-14,16H,6-10H2,1-5H3. The molecule has 1 amide bonds. The van der Waals surface area contributed by atoms with Crippen LogP contribution in [0.25, 0.3) is 0 Å². The number of unbranched alkanes of at least 4 members (excludes halogenated alkanes) is 3. The minimum Gasteiger partial charge on any atom is -0.323 e. The van der Waals surface area contributed by atoms with Crippen molar-refractivity contribution in [2.75, 3.05) is 0 Å². The summed E-state index contributed by atoms with van der Waals surface area (Å²) in [6.45, 7) is 10.8. The van der Waals surface area contributed by atoms with Crippen LogP contribution >= 0.6 is 0 Å². The van der Waals surface area contributed by atoms with Gasteiger partial charge in [0.25, 0.3) is 0 Å². The average Bonchev–Trinajstić information content (AvgIpc) is 2.62. The van der Waals surface area contributed by atoms with Crippen molar-refractivity contribution in [2.24, 2.45) is 5.92 Å². The zero-order chi connectivity index (χ0) is 13.7. The summed E-state index contributed by atoms with van der Waals surface area (Å²) in [4.78, 5) is 14.3. The minimum absolute atomic E-state index is 0.0181. The number of carbonyl (C=O) groups is 1. The number of hydrogen-bond donors (Lipinski definition) is 1. The molecule has 1 aliphatic rings. The molecule has 0 aromatic heterocycles. The number of rotatable bonds is 7. The third-order valence-corrected chi connectivity index (χ3v) is 3.93. The Kier molecular flexibility index (Phi) is 6.13. The quantitative estimate of drug-likeness (QED) is 0.708. The first-order valence-electron chi connectivity index (χ1n) is 7.57. The van der Waals surface area contributed by atoms with E-state index in [1.165, 1.54) is 25.7 Å². The lowest BCUT2D eigenvalue weighted by atomic mass is 10.0. The van der Waals surface area contributed by atoms with Gasteiger partial charge in [0.15, 0.2) is 0 Å². The van der Waals surface area contributed by atoms with Crippen LogP contribution < -0.4 is 5.32 Å². The molecule has 3 heteroatoms. The van der Waals surface area contributed by atoms with Crippen molar-refractivity contribution < 1.29 is 4.79 Å². The van der Waals surface area contributed by atoms with E-state index < -0.39 is 0 Å². The van der Waals surface area contributed by atoms with Gasteiger partial charge in [0.2, 0.25) is 5.91 Å². The van der Waals surface area contributed by atoms with Crippen LogP contribution in [0.3, 0.4) is 0 Å². The second-order valence-electron chi connectivity index (χ2n) is 6.02. The van der Waals surface area contributed by atoms with Gasteiger partial charge in [-0.15, -0.1) is 0 Å². The molecule has 0 aromatic rings. The summed E-state index contributed by atoms with van der Waals surface area (Å²) in [5, 5.41) is 3.41. The molecular formula is C15H30N2O. The molecule has 1 fully saturated rings. The van der Waals surface area contributed by atoms with Crippen molar-refractivity contribution in [3.8, 4) is 0 Å². The van der Waals surface area contributed by atoms with Crippen LogP contribution in [0.1, 0.15) is 66.7 Å². The third-order valence-electron chi connectivity index (χ3n) is 3.93. The second-order valence-corrected chi connectivity index (χ2v) is 6.02. The molecule has 1 N–H and O–H groups in total. The van der Waals surface area contributed by atoms with Crippen LogP contribution in [0, 0.1) is 5.92 Å². The van der Waals surface area contributed by atoms with Gasteiger partial charge < -0.3 is 4.90 Å². The number of amides is 1. The maximum atomic E-state index is 12.2. The van der Waals surface area contributed by atoms with E-state index in [0.717, 1.165) is 6.42 Å². The highest BCUT2D eigenvalue weighted by molar-refractivity contribution is 5.84. The number of hydrogen-bond acceptors (Lipinski definition) is 2. The maximum absolute atomic E-state index is 12.2. The predicted molar refractivity (Wildman–Crippen MR) is 76.3 cm³/mol. The molecular weight excluding hydrogens is 224 g/mol. The topological polar surface area (TPSA) is 32.3 Å². The van der Waals surface area contributed by atoms with E-state index in [-0.39, 0.29) is 18.1 Å². The molecule has 18 heavy (non-hydrogen) atoms. The Balaban J connectivity index is 2.52. The second kappa shape index (κ2) is 7.13. The van der Waals surface area contributed by atoms with Crippen LogP contribution in [-0.2, 0) is 4.79 Å². The number of nitrogens with zero attached hydrogens (tertiary/aromatic N) is 1. The Hall–Kier alpha value is -0.570. The van der Waals surface area contributed by atoms with E-state index in [9.17, 15) is 4.79 Å². The molecule has 0 bridgehead atoms. The molecule has 3 nitrogen and oxygen atoms in total. The van der Waals surface area contributed by atoms with Crippen molar-refractivity contribution in [3.63, 3.8) is 0 Å². The lowest BCUT2D eigenvalue weighted by Gasteiger charge is -2.32. The van der Waals surface area contributed by atoms with Gasteiger partial charge in [0.05, 0.1) is 12.2 Å². The predicted octanol–water partition coefficient (Wildman–Crippen LogP) is 3.15. The normalized spacial score (nSPS) is 26.1. The zero-order valence-corrected chi connectivity index (χ0v) is 12.7. The zero-order valence-electron chi connectivity index (χ0n) is 12.7. The molecule has 106 valence electrons. The van der Waals surface area contributed by atoms with Crippen LogP contribution in [0.2, 0.25) is 0 Å². The van der Waals surface area contributed by atoms with E-state index >= 15 is 0 Å². The third kappa shape index (κ3) is 3.71. The summed E-state index contributed by atoms with van der Waals surface area (Å²) < 4.78 is 0. The van der Waals surface area contributed by atoms with E-state index in [0.29, 0.717) is 12.0 Å². The van der Waals surface area contributed by atoms with Crippen LogP contribution in [-0.4, -0.2) is 29.1 Å². The fourth-order valence-corrected chi connectivity index (χ4v) is 2.78. The van der Waals surface area contributed by atoms with E-state index in [4.69, 9.17) is 0 Å². The van der Waals surface area contributed by atoms with Gasteiger partial charge in [-0.3, -0.25) is 10.1 Å². The van der Waals surface area contributed by atoms with Crippen molar-refractivity contribution in [2.45, 2.75) is 85.0 Å². The SMILES string of the molecule is CCCCCCC(C)N1C(=O)C(C)NC1C(C)C. The fourth-order valence-electron chi connectivity index (χ4n) is 2.78. The summed E-state index contributed by atoms with van der Waals surface area (Å²) >= 11 is 0. The Morgan fingerprint density at radius 3 is 2.44 bits per heavy atom. The minimum atomic E-state index is -0.0181. The number of carbonyl (C=O) groups excluding carboxylic acids is 1. The van der Waals surface area contributed by atoms with Gasteiger partial charge >= 0.3 is 0 Å². The molecule has 0 spiro atoms. The molecule has 0 radical (unpaired) electrons. The van der Waals surface area contributed by atoms with Crippen molar-refractivity contribution in [1.29, 1.82) is 0 Å². The first kappa shape index (κ1) is 15.5. The lowest BCUT2D eigenvalue weighted by Crippen LogP contribution is -2.46. The van der Waals surface area contributed by atoms with Gasteiger partial charge in [-0.05, 0) is 26.2 Å². The van der Waals surface area contributed by atoms with Gasteiger partial charge in [0.1, 0.15) is 0 Å². The lowest BCUT2D eigenvalue weighted by molar-refractivity contribution is -0.132. The van der Waals surface area contributed by atoms with E-state index in [1.54, 1.807) is 0 Å².